The quantitative estimate of drug-likeness (QED) is 0.403. The third-order valence-corrected chi connectivity index (χ3v) is 12.0. The van der Waals surface area contributed by atoms with Crippen molar-refractivity contribution in [2.24, 2.45) is 0 Å². The zero-order valence-electron chi connectivity index (χ0n) is 23.8. The molecule has 2 aliphatic rings. The topological polar surface area (TPSA) is 111 Å². The molecule has 1 saturated heterocycles. The molecular weight excluding hydrogens is 626 g/mol. The van der Waals surface area contributed by atoms with Crippen LogP contribution in [0.15, 0.2) is 76.8 Å². The standard InChI is InChI=1S/C28H33F3N4O5S3/c1-20(2)35(42(37,38)24-7-6-14-32-17-24)19-23-18-33(43(39,40)26-9-5-4-8-25(26)41)15-16-34(23)22-12-10-21(11-13-22)27(3,36)28(29,30)31/h4-7,9-14,17,20,23,36H,8,15-16,18-19H2,1-3H3/t23-,27?/m1/s1. The van der Waals surface area contributed by atoms with E-state index in [1.807, 2.05) is 0 Å². The van der Waals surface area contributed by atoms with Crippen LogP contribution in [0.2, 0.25) is 0 Å². The van der Waals surface area contributed by atoms with Gasteiger partial charge < -0.3 is 10.0 Å². The zero-order chi connectivity index (χ0) is 31.8. The van der Waals surface area contributed by atoms with Gasteiger partial charge in [0.05, 0.1) is 10.9 Å². The predicted molar refractivity (Wildman–Crippen MR) is 161 cm³/mol. The van der Waals surface area contributed by atoms with Crippen molar-refractivity contribution in [3.05, 3.63) is 77.5 Å². The van der Waals surface area contributed by atoms with Crippen LogP contribution in [0.25, 0.3) is 0 Å². The molecule has 15 heteroatoms. The van der Waals surface area contributed by atoms with Gasteiger partial charge in [-0.15, -0.1) is 0 Å². The molecule has 234 valence electrons. The fraction of sp³-hybridized carbons (Fsp3) is 0.429. The van der Waals surface area contributed by atoms with E-state index in [4.69, 9.17) is 12.2 Å². The Kier molecular flexibility index (Phi) is 9.55. The summed E-state index contributed by atoms with van der Waals surface area (Å²) in [5.74, 6) is 0. The molecule has 0 amide bonds. The number of aliphatic hydroxyl groups is 1. The third kappa shape index (κ3) is 6.71. The van der Waals surface area contributed by atoms with E-state index in [9.17, 15) is 35.1 Å². The number of hydrogen-bond donors (Lipinski definition) is 1. The number of pyridine rings is 1. The van der Waals surface area contributed by atoms with Gasteiger partial charge in [-0.25, -0.2) is 16.8 Å². The van der Waals surface area contributed by atoms with Gasteiger partial charge in [-0.1, -0.05) is 36.5 Å². The number of halogens is 3. The lowest BCUT2D eigenvalue weighted by Crippen LogP contribution is -2.59. The first kappa shape index (κ1) is 33.2. The van der Waals surface area contributed by atoms with Crippen LogP contribution >= 0.6 is 12.2 Å². The van der Waals surface area contributed by atoms with Crippen molar-refractivity contribution in [3.8, 4) is 0 Å². The van der Waals surface area contributed by atoms with Crippen molar-refractivity contribution >= 4 is 42.8 Å². The van der Waals surface area contributed by atoms with Crippen LogP contribution in [0.4, 0.5) is 18.9 Å². The van der Waals surface area contributed by atoms with E-state index in [2.05, 4.69) is 4.98 Å². The molecule has 9 nitrogen and oxygen atoms in total. The van der Waals surface area contributed by atoms with E-state index in [0.29, 0.717) is 19.0 Å². The summed E-state index contributed by atoms with van der Waals surface area (Å²) in [6.45, 7) is 3.96. The highest BCUT2D eigenvalue weighted by Crippen LogP contribution is 2.39. The second kappa shape index (κ2) is 12.4. The number of aromatic nitrogens is 1. The van der Waals surface area contributed by atoms with Crippen molar-refractivity contribution in [1.82, 2.24) is 13.6 Å². The number of sulfonamides is 2. The summed E-state index contributed by atoms with van der Waals surface area (Å²) in [6, 6.07) is 6.79. The minimum Gasteiger partial charge on any atom is -0.376 e. The maximum Gasteiger partial charge on any atom is 0.421 e. The molecule has 43 heavy (non-hydrogen) atoms. The second-order valence-electron chi connectivity index (χ2n) is 10.8. The molecule has 1 fully saturated rings. The number of alkyl halides is 3. The molecule has 2 atom stereocenters. The van der Waals surface area contributed by atoms with Crippen molar-refractivity contribution in [2.75, 3.05) is 31.1 Å². The lowest BCUT2D eigenvalue weighted by Gasteiger charge is -2.44. The van der Waals surface area contributed by atoms with Crippen molar-refractivity contribution in [2.45, 2.75) is 55.9 Å². The third-order valence-electron chi connectivity index (χ3n) is 7.55. The molecule has 1 unspecified atom stereocenters. The maximum atomic E-state index is 13.7. The van der Waals surface area contributed by atoms with Crippen LogP contribution in [0.3, 0.4) is 0 Å². The van der Waals surface area contributed by atoms with Gasteiger partial charge in [0.2, 0.25) is 20.0 Å². The molecule has 4 rings (SSSR count). The van der Waals surface area contributed by atoms with Gasteiger partial charge in [0.15, 0.2) is 5.60 Å². The fourth-order valence-corrected chi connectivity index (χ4v) is 8.71. The van der Waals surface area contributed by atoms with E-state index in [1.54, 1.807) is 30.9 Å². The Labute approximate surface area is 255 Å². The van der Waals surface area contributed by atoms with Gasteiger partial charge in [0.25, 0.3) is 0 Å². The van der Waals surface area contributed by atoms with E-state index >= 15 is 0 Å². The zero-order valence-corrected chi connectivity index (χ0v) is 26.2. The Balaban J connectivity index is 1.73. The molecule has 2 heterocycles. The smallest absolute Gasteiger partial charge is 0.376 e. The molecular formula is C28H33F3N4O5S3. The van der Waals surface area contributed by atoms with E-state index < -0.39 is 43.9 Å². The van der Waals surface area contributed by atoms with Crippen LogP contribution in [0.1, 0.15) is 32.8 Å². The summed E-state index contributed by atoms with van der Waals surface area (Å²) in [6.07, 6.45) is 2.90. The SMILES string of the molecule is CC(C)N(C[C@H]1CN(S(=O)(=O)C2=CC=CCC2=S)CCN1c1ccc(C(C)(O)C(F)(F)F)cc1)S(=O)(=O)c1cccnc1. The van der Waals surface area contributed by atoms with Crippen molar-refractivity contribution < 1.29 is 35.1 Å². The van der Waals surface area contributed by atoms with E-state index in [1.165, 1.54) is 51.3 Å². The highest BCUT2D eigenvalue weighted by atomic mass is 32.2. The Bertz CT molecular complexity index is 1610. The first-order valence-corrected chi connectivity index (χ1v) is 16.7. The first-order valence-electron chi connectivity index (χ1n) is 13.5. The van der Waals surface area contributed by atoms with Gasteiger partial charge in [0.1, 0.15) is 4.90 Å². The molecule has 1 N–H and O–H groups in total. The predicted octanol–water partition coefficient (Wildman–Crippen LogP) is 3.98. The minimum absolute atomic E-state index is 0.0135. The number of hydrogen-bond acceptors (Lipinski definition) is 8. The van der Waals surface area contributed by atoms with Gasteiger partial charge in [-0.05, 0) is 56.7 Å². The highest BCUT2D eigenvalue weighted by Gasteiger charge is 2.51. The van der Waals surface area contributed by atoms with Crippen LogP contribution < -0.4 is 4.90 Å². The average Bonchev–Trinajstić information content (AvgIpc) is 2.95. The number of rotatable bonds is 9. The van der Waals surface area contributed by atoms with Gasteiger partial charge in [0, 0.05) is 61.6 Å². The number of piperazine rings is 1. The van der Waals surface area contributed by atoms with Crippen molar-refractivity contribution in [3.63, 3.8) is 0 Å². The summed E-state index contributed by atoms with van der Waals surface area (Å²) in [7, 11) is -8.07. The molecule has 0 bridgehead atoms. The number of nitrogens with zero attached hydrogens (tertiary/aromatic N) is 4. The van der Waals surface area contributed by atoms with Gasteiger partial charge >= 0.3 is 6.18 Å². The maximum absolute atomic E-state index is 13.7. The summed E-state index contributed by atoms with van der Waals surface area (Å²) in [5.41, 5.74) is -3.00. The molecule has 0 spiro atoms. The summed E-state index contributed by atoms with van der Waals surface area (Å²) < 4.78 is 97.5. The molecule has 1 aromatic heterocycles. The lowest BCUT2D eigenvalue weighted by molar-refractivity contribution is -0.258. The first-order chi connectivity index (χ1) is 20.0. The van der Waals surface area contributed by atoms with E-state index in [0.717, 1.165) is 12.1 Å². The Morgan fingerprint density at radius 3 is 2.35 bits per heavy atom. The molecule has 0 radical (unpaired) electrons. The van der Waals surface area contributed by atoms with Crippen molar-refractivity contribution in [1.29, 1.82) is 0 Å². The molecule has 1 aromatic carbocycles. The number of thiocarbonyl (C=S) groups is 1. The summed E-state index contributed by atoms with van der Waals surface area (Å²) in [4.78, 5) is 5.96. The monoisotopic (exact) mass is 658 g/mol. The molecule has 2 aromatic rings. The largest absolute Gasteiger partial charge is 0.421 e. The Morgan fingerprint density at radius 2 is 1.79 bits per heavy atom. The number of benzene rings is 1. The van der Waals surface area contributed by atoms with Crippen LogP contribution in [-0.2, 0) is 25.6 Å². The fourth-order valence-electron chi connectivity index (χ4n) is 5.00. The van der Waals surface area contributed by atoms with Crippen LogP contribution in [-0.4, -0.2) is 84.8 Å². The summed E-state index contributed by atoms with van der Waals surface area (Å²) >= 11 is 5.32. The molecule has 1 aliphatic heterocycles. The minimum atomic E-state index is -4.90. The molecule has 1 aliphatic carbocycles. The average molecular weight is 659 g/mol. The normalized spacial score (nSPS) is 20.4. The van der Waals surface area contributed by atoms with Crippen LogP contribution in [0.5, 0.6) is 0 Å². The second-order valence-corrected chi connectivity index (χ2v) is 15.1. The van der Waals surface area contributed by atoms with Gasteiger partial charge in [-0.3, -0.25) is 4.98 Å². The van der Waals surface area contributed by atoms with E-state index in [-0.39, 0.29) is 46.4 Å². The molecule has 0 saturated carbocycles. The summed E-state index contributed by atoms with van der Waals surface area (Å²) in [5, 5.41) is 10.1. The highest BCUT2D eigenvalue weighted by molar-refractivity contribution is 7.96. The van der Waals surface area contributed by atoms with Crippen LogP contribution in [0, 0.1) is 0 Å². The number of anilines is 1. The lowest BCUT2D eigenvalue weighted by atomic mass is 9.95. The van der Waals surface area contributed by atoms with Gasteiger partial charge in [-0.2, -0.15) is 21.8 Å². The number of allylic oxidation sites excluding steroid dienone is 4. The Morgan fingerprint density at radius 1 is 1.12 bits per heavy atom. The Hall–Kier alpha value is -2.69.